The maximum atomic E-state index is 12.6. The number of aryl methyl sites for hydroxylation is 1. The Kier molecular flexibility index (Phi) is 5.38. The minimum absolute atomic E-state index is 0.196. The SMILES string of the molecule is CN(C)c1nc(CNC(=O)c2noc3c2CCCC3)nc(N2CCOCC2)n1. The summed E-state index contributed by atoms with van der Waals surface area (Å²) in [5, 5.41) is 6.85. The molecule has 10 heteroatoms. The van der Waals surface area contributed by atoms with E-state index in [1.165, 1.54) is 0 Å². The highest BCUT2D eigenvalue weighted by molar-refractivity contribution is 5.93. The molecule has 0 spiro atoms. The number of nitrogens with one attached hydrogen (secondary N) is 1. The second-order valence-electron chi connectivity index (χ2n) is 7.17. The second kappa shape index (κ2) is 8.09. The molecule has 2 aromatic rings. The first kappa shape index (κ1) is 18.6. The van der Waals surface area contributed by atoms with Gasteiger partial charge >= 0.3 is 0 Å². The summed E-state index contributed by atoms with van der Waals surface area (Å²) in [4.78, 5) is 30.0. The first-order chi connectivity index (χ1) is 13.6. The summed E-state index contributed by atoms with van der Waals surface area (Å²) in [5.41, 5.74) is 1.31. The van der Waals surface area contributed by atoms with Gasteiger partial charge in [0.1, 0.15) is 5.76 Å². The number of morpholine rings is 1. The van der Waals surface area contributed by atoms with E-state index in [1.807, 2.05) is 19.0 Å². The molecule has 150 valence electrons. The molecular formula is C18H25N7O3. The number of carbonyl (C=O) groups excluding carboxylic acids is 1. The quantitative estimate of drug-likeness (QED) is 0.787. The van der Waals surface area contributed by atoms with E-state index >= 15 is 0 Å². The van der Waals surface area contributed by atoms with Crippen LogP contribution in [0.3, 0.4) is 0 Å². The van der Waals surface area contributed by atoms with E-state index in [-0.39, 0.29) is 12.5 Å². The van der Waals surface area contributed by atoms with Crippen molar-refractivity contribution >= 4 is 17.8 Å². The lowest BCUT2D eigenvalue weighted by molar-refractivity contribution is 0.0940. The molecule has 0 bridgehead atoms. The maximum absolute atomic E-state index is 12.6. The lowest BCUT2D eigenvalue weighted by Gasteiger charge is -2.27. The highest BCUT2D eigenvalue weighted by Crippen LogP contribution is 2.24. The molecule has 0 atom stereocenters. The maximum Gasteiger partial charge on any atom is 0.274 e. The fraction of sp³-hybridized carbons (Fsp3) is 0.611. The Morgan fingerprint density at radius 3 is 2.71 bits per heavy atom. The minimum atomic E-state index is -0.258. The number of amides is 1. The smallest absolute Gasteiger partial charge is 0.274 e. The molecule has 1 aliphatic heterocycles. The lowest BCUT2D eigenvalue weighted by Crippen LogP contribution is -2.38. The van der Waals surface area contributed by atoms with Crippen molar-refractivity contribution in [2.45, 2.75) is 32.2 Å². The van der Waals surface area contributed by atoms with Crippen LogP contribution in [0, 0.1) is 0 Å². The van der Waals surface area contributed by atoms with Gasteiger partial charge in [-0.2, -0.15) is 15.0 Å². The minimum Gasteiger partial charge on any atom is -0.378 e. The molecule has 1 saturated heterocycles. The third kappa shape index (κ3) is 3.91. The summed E-state index contributed by atoms with van der Waals surface area (Å²) in [6.45, 7) is 2.95. The van der Waals surface area contributed by atoms with Gasteiger partial charge in [0.15, 0.2) is 11.5 Å². The lowest BCUT2D eigenvalue weighted by atomic mass is 9.96. The van der Waals surface area contributed by atoms with E-state index in [0.29, 0.717) is 36.6 Å². The van der Waals surface area contributed by atoms with Gasteiger partial charge in [0.05, 0.1) is 19.8 Å². The topological polar surface area (TPSA) is 110 Å². The molecule has 28 heavy (non-hydrogen) atoms. The number of fused-ring (bicyclic) bond motifs is 1. The fourth-order valence-electron chi connectivity index (χ4n) is 3.39. The highest BCUT2D eigenvalue weighted by atomic mass is 16.5. The number of aromatic nitrogens is 4. The second-order valence-corrected chi connectivity index (χ2v) is 7.17. The van der Waals surface area contributed by atoms with Gasteiger partial charge in [0.2, 0.25) is 11.9 Å². The molecule has 3 heterocycles. The van der Waals surface area contributed by atoms with Crippen LogP contribution in [-0.2, 0) is 24.1 Å². The van der Waals surface area contributed by atoms with Crippen LogP contribution in [0.4, 0.5) is 11.9 Å². The molecule has 0 unspecified atom stereocenters. The van der Waals surface area contributed by atoms with Crippen LogP contribution < -0.4 is 15.1 Å². The molecule has 1 aliphatic carbocycles. The van der Waals surface area contributed by atoms with Crippen LogP contribution >= 0.6 is 0 Å². The van der Waals surface area contributed by atoms with Gasteiger partial charge in [-0.25, -0.2) is 0 Å². The van der Waals surface area contributed by atoms with E-state index in [4.69, 9.17) is 9.26 Å². The van der Waals surface area contributed by atoms with Gasteiger partial charge in [-0.3, -0.25) is 4.79 Å². The number of hydrogen-bond donors (Lipinski definition) is 1. The van der Waals surface area contributed by atoms with Gasteiger partial charge in [0.25, 0.3) is 5.91 Å². The van der Waals surface area contributed by atoms with Gasteiger partial charge in [-0.1, -0.05) is 5.16 Å². The summed E-state index contributed by atoms with van der Waals surface area (Å²) in [6.07, 6.45) is 3.81. The van der Waals surface area contributed by atoms with Crippen molar-refractivity contribution in [3.8, 4) is 0 Å². The number of anilines is 2. The Morgan fingerprint density at radius 1 is 1.14 bits per heavy atom. The first-order valence-corrected chi connectivity index (χ1v) is 9.62. The molecule has 0 saturated carbocycles. The van der Waals surface area contributed by atoms with Crippen molar-refractivity contribution < 1.29 is 14.1 Å². The molecule has 4 rings (SSSR count). The van der Waals surface area contributed by atoms with Gasteiger partial charge in [0, 0.05) is 39.2 Å². The Hall–Kier alpha value is -2.75. The Labute approximate surface area is 163 Å². The van der Waals surface area contributed by atoms with E-state index in [9.17, 15) is 4.79 Å². The monoisotopic (exact) mass is 387 g/mol. The van der Waals surface area contributed by atoms with E-state index in [0.717, 1.165) is 50.1 Å². The molecule has 0 radical (unpaired) electrons. The zero-order chi connectivity index (χ0) is 19.5. The number of hydrogen-bond acceptors (Lipinski definition) is 9. The predicted octanol–water partition coefficient (Wildman–Crippen LogP) is 0.571. The Bertz CT molecular complexity index is 846. The highest BCUT2D eigenvalue weighted by Gasteiger charge is 2.24. The van der Waals surface area contributed by atoms with Crippen LogP contribution in [0.2, 0.25) is 0 Å². The van der Waals surface area contributed by atoms with Crippen molar-refractivity contribution in [3.05, 3.63) is 22.8 Å². The third-order valence-corrected chi connectivity index (χ3v) is 4.92. The van der Waals surface area contributed by atoms with Crippen molar-refractivity contribution in [2.75, 3.05) is 50.2 Å². The average molecular weight is 387 g/mol. The van der Waals surface area contributed by atoms with Crippen molar-refractivity contribution in [2.24, 2.45) is 0 Å². The standard InChI is InChI=1S/C18H25N7O3/c1-24(2)17-20-14(21-18(22-17)25-7-9-27-10-8-25)11-19-16(26)15-12-5-3-4-6-13(12)28-23-15/h3-11H2,1-2H3,(H,19,26). The van der Waals surface area contributed by atoms with Gasteiger partial charge < -0.3 is 24.4 Å². The van der Waals surface area contributed by atoms with Crippen molar-refractivity contribution in [1.29, 1.82) is 0 Å². The van der Waals surface area contributed by atoms with Crippen LogP contribution in [-0.4, -0.2) is 66.4 Å². The first-order valence-electron chi connectivity index (χ1n) is 9.62. The number of carbonyl (C=O) groups is 1. The van der Waals surface area contributed by atoms with E-state index < -0.39 is 0 Å². The third-order valence-electron chi connectivity index (χ3n) is 4.92. The van der Waals surface area contributed by atoms with Crippen LogP contribution in [0.1, 0.15) is 40.5 Å². The molecule has 10 nitrogen and oxygen atoms in total. The Morgan fingerprint density at radius 2 is 1.93 bits per heavy atom. The summed E-state index contributed by atoms with van der Waals surface area (Å²) in [5.74, 6) is 2.24. The number of rotatable bonds is 5. The molecule has 1 N–H and O–H groups in total. The number of nitrogens with zero attached hydrogens (tertiary/aromatic N) is 6. The molecule has 1 fully saturated rings. The average Bonchev–Trinajstić information content (AvgIpc) is 3.17. The van der Waals surface area contributed by atoms with E-state index in [2.05, 4.69) is 30.3 Å². The molecular weight excluding hydrogens is 362 g/mol. The van der Waals surface area contributed by atoms with Crippen LogP contribution in [0.15, 0.2) is 4.52 Å². The summed E-state index contributed by atoms with van der Waals surface area (Å²) >= 11 is 0. The van der Waals surface area contributed by atoms with Crippen molar-refractivity contribution in [3.63, 3.8) is 0 Å². The summed E-state index contributed by atoms with van der Waals surface area (Å²) in [7, 11) is 3.75. The van der Waals surface area contributed by atoms with Crippen LogP contribution in [0.25, 0.3) is 0 Å². The summed E-state index contributed by atoms with van der Waals surface area (Å²) in [6, 6.07) is 0. The Balaban J connectivity index is 1.50. The molecule has 0 aromatic carbocycles. The molecule has 1 amide bonds. The fourth-order valence-corrected chi connectivity index (χ4v) is 3.39. The zero-order valence-electron chi connectivity index (χ0n) is 16.3. The van der Waals surface area contributed by atoms with Gasteiger partial charge in [-0.15, -0.1) is 0 Å². The summed E-state index contributed by atoms with van der Waals surface area (Å²) < 4.78 is 10.7. The zero-order valence-corrected chi connectivity index (χ0v) is 16.3. The predicted molar refractivity (Wildman–Crippen MR) is 102 cm³/mol. The normalized spacial score (nSPS) is 16.6. The molecule has 2 aromatic heterocycles. The van der Waals surface area contributed by atoms with Crippen molar-refractivity contribution in [1.82, 2.24) is 25.4 Å². The van der Waals surface area contributed by atoms with Crippen LogP contribution in [0.5, 0.6) is 0 Å². The molecule has 2 aliphatic rings. The number of ether oxygens (including phenoxy) is 1. The van der Waals surface area contributed by atoms with Gasteiger partial charge in [-0.05, 0) is 19.3 Å². The van der Waals surface area contributed by atoms with E-state index in [1.54, 1.807) is 0 Å². The largest absolute Gasteiger partial charge is 0.378 e.